The minimum absolute atomic E-state index is 0.308. The molecule has 7 heteroatoms. The fourth-order valence-electron chi connectivity index (χ4n) is 5.09. The molecule has 0 amide bonds. The lowest BCUT2D eigenvalue weighted by atomic mass is 9.70. The zero-order chi connectivity index (χ0) is 19.2. The highest BCUT2D eigenvalue weighted by molar-refractivity contribution is 5.18. The van der Waals surface area contributed by atoms with Crippen molar-refractivity contribution >= 4 is 0 Å². The number of likely N-dealkylation sites (tertiary alicyclic amines) is 2. The summed E-state index contributed by atoms with van der Waals surface area (Å²) in [7, 11) is 4.11. The zero-order valence-corrected chi connectivity index (χ0v) is 17.4. The maximum Gasteiger partial charge on any atom is 0.137 e. The number of rotatable bonds is 4. The fourth-order valence-corrected chi connectivity index (χ4v) is 5.09. The van der Waals surface area contributed by atoms with E-state index in [-0.39, 0.29) is 0 Å². The van der Waals surface area contributed by atoms with Crippen molar-refractivity contribution in [3.63, 3.8) is 0 Å². The first kappa shape index (κ1) is 18.6. The van der Waals surface area contributed by atoms with E-state index in [0.717, 1.165) is 25.5 Å². The maximum absolute atomic E-state index is 4.52. The Balaban J connectivity index is 1.58. The van der Waals surface area contributed by atoms with Crippen molar-refractivity contribution in [2.45, 2.75) is 52.1 Å². The number of aryl methyl sites for hydroxylation is 2. The largest absolute Gasteiger partial charge is 0.320 e. The molecule has 1 unspecified atom stereocenters. The number of hydrogen-bond donors (Lipinski definition) is 0. The van der Waals surface area contributed by atoms with E-state index in [2.05, 4.69) is 57.5 Å². The Morgan fingerprint density at radius 1 is 1.22 bits per heavy atom. The summed E-state index contributed by atoms with van der Waals surface area (Å²) in [4.78, 5) is 5.24. The van der Waals surface area contributed by atoms with Crippen molar-refractivity contribution in [1.82, 2.24) is 34.3 Å². The van der Waals surface area contributed by atoms with Crippen LogP contribution in [0.3, 0.4) is 0 Å². The van der Waals surface area contributed by atoms with Gasteiger partial charge in [0, 0.05) is 56.9 Å². The first-order valence-electron chi connectivity index (χ1n) is 10.2. The van der Waals surface area contributed by atoms with Crippen molar-refractivity contribution < 1.29 is 0 Å². The minimum Gasteiger partial charge on any atom is -0.320 e. The molecule has 2 fully saturated rings. The quantitative estimate of drug-likeness (QED) is 0.822. The Bertz CT molecular complexity index is 782. The smallest absolute Gasteiger partial charge is 0.137 e. The second-order valence-electron chi connectivity index (χ2n) is 8.89. The molecule has 2 aromatic rings. The van der Waals surface area contributed by atoms with Crippen LogP contribution in [0, 0.1) is 12.3 Å². The average Bonchev–Trinajstić information content (AvgIpc) is 3.29. The summed E-state index contributed by atoms with van der Waals surface area (Å²) in [5.74, 6) is 1.61. The van der Waals surface area contributed by atoms with Gasteiger partial charge in [0.2, 0.25) is 0 Å². The van der Waals surface area contributed by atoms with Crippen LogP contribution in [0.5, 0.6) is 0 Å². The van der Waals surface area contributed by atoms with Crippen LogP contribution in [0.15, 0.2) is 12.5 Å². The minimum atomic E-state index is 0.308. The summed E-state index contributed by atoms with van der Waals surface area (Å²) in [6.07, 6.45) is 6.36. The molecule has 2 aromatic heterocycles. The van der Waals surface area contributed by atoms with Crippen LogP contribution in [0.1, 0.15) is 49.7 Å². The molecule has 0 N–H and O–H groups in total. The molecule has 1 atom stereocenters. The van der Waals surface area contributed by atoms with E-state index in [0.29, 0.717) is 17.4 Å². The summed E-state index contributed by atoms with van der Waals surface area (Å²) in [5, 5.41) is 13.1. The summed E-state index contributed by atoms with van der Waals surface area (Å²) in [6.45, 7) is 12.3. The highest BCUT2D eigenvalue weighted by atomic mass is 15.3. The Morgan fingerprint density at radius 2 is 1.96 bits per heavy atom. The lowest BCUT2D eigenvalue weighted by molar-refractivity contribution is 0.0747. The first-order valence-corrected chi connectivity index (χ1v) is 10.2. The Kier molecular flexibility index (Phi) is 4.84. The lowest BCUT2D eigenvalue weighted by Crippen LogP contribution is -2.46. The maximum atomic E-state index is 4.52. The van der Waals surface area contributed by atoms with Crippen molar-refractivity contribution in [2.24, 2.45) is 19.5 Å². The van der Waals surface area contributed by atoms with Crippen molar-refractivity contribution in [2.75, 3.05) is 26.2 Å². The lowest BCUT2D eigenvalue weighted by Gasteiger charge is -2.43. The third-order valence-electron chi connectivity index (χ3n) is 7.03. The van der Waals surface area contributed by atoms with E-state index in [1.165, 1.54) is 37.2 Å². The van der Waals surface area contributed by atoms with E-state index in [4.69, 9.17) is 0 Å². The molecule has 2 aliphatic heterocycles. The predicted molar refractivity (Wildman–Crippen MR) is 105 cm³/mol. The molecule has 2 aliphatic rings. The fraction of sp³-hybridized carbons (Fsp3) is 0.750. The zero-order valence-electron chi connectivity index (χ0n) is 17.4. The van der Waals surface area contributed by atoms with Gasteiger partial charge in [0.1, 0.15) is 12.2 Å². The number of nitrogens with zero attached hydrogens (tertiary/aromatic N) is 7. The number of piperidine rings is 1. The molecule has 27 heavy (non-hydrogen) atoms. The van der Waals surface area contributed by atoms with Crippen molar-refractivity contribution in [3.8, 4) is 0 Å². The van der Waals surface area contributed by atoms with Gasteiger partial charge in [-0.3, -0.25) is 9.58 Å². The van der Waals surface area contributed by atoms with Crippen molar-refractivity contribution in [1.29, 1.82) is 0 Å². The van der Waals surface area contributed by atoms with Gasteiger partial charge in [-0.1, -0.05) is 0 Å². The standard InChI is InChI=1S/C20H33N7/c1-15(2)27-8-6-20(7-9-27)13-26(11-17-10-22-25(5)16(17)3)12-18(20)19-23-21-14-24(19)4/h10,14-15,18H,6-9,11-13H2,1-5H3. The van der Waals surface area contributed by atoms with Gasteiger partial charge in [0.05, 0.1) is 6.20 Å². The van der Waals surface area contributed by atoms with Gasteiger partial charge >= 0.3 is 0 Å². The summed E-state index contributed by atoms with van der Waals surface area (Å²) in [6, 6.07) is 0.631. The molecule has 1 spiro atoms. The second-order valence-corrected chi connectivity index (χ2v) is 8.89. The molecule has 0 saturated carbocycles. The molecule has 7 nitrogen and oxygen atoms in total. The summed E-state index contributed by atoms with van der Waals surface area (Å²) >= 11 is 0. The summed E-state index contributed by atoms with van der Waals surface area (Å²) < 4.78 is 4.10. The molecular formula is C20H33N7. The molecule has 4 heterocycles. The van der Waals surface area contributed by atoms with E-state index < -0.39 is 0 Å². The van der Waals surface area contributed by atoms with Gasteiger partial charge < -0.3 is 9.47 Å². The molecule has 0 aromatic carbocycles. The molecule has 0 bridgehead atoms. The van der Waals surface area contributed by atoms with Crippen LogP contribution in [0.4, 0.5) is 0 Å². The van der Waals surface area contributed by atoms with Crippen LogP contribution in [0.2, 0.25) is 0 Å². The molecule has 0 aliphatic carbocycles. The third-order valence-corrected chi connectivity index (χ3v) is 7.03. The summed E-state index contributed by atoms with van der Waals surface area (Å²) in [5.41, 5.74) is 2.91. The van der Waals surface area contributed by atoms with Gasteiger partial charge in [0.25, 0.3) is 0 Å². The van der Waals surface area contributed by atoms with Crippen LogP contribution in [-0.4, -0.2) is 66.6 Å². The van der Waals surface area contributed by atoms with Gasteiger partial charge in [-0.05, 0) is 52.1 Å². The van der Waals surface area contributed by atoms with E-state index >= 15 is 0 Å². The van der Waals surface area contributed by atoms with Crippen LogP contribution < -0.4 is 0 Å². The monoisotopic (exact) mass is 371 g/mol. The van der Waals surface area contributed by atoms with E-state index in [1.54, 1.807) is 0 Å². The van der Waals surface area contributed by atoms with Gasteiger partial charge in [-0.2, -0.15) is 5.10 Å². The van der Waals surface area contributed by atoms with Gasteiger partial charge in [0.15, 0.2) is 0 Å². The topological polar surface area (TPSA) is 55.0 Å². The van der Waals surface area contributed by atoms with Gasteiger partial charge in [-0.15, -0.1) is 10.2 Å². The molecule has 0 radical (unpaired) electrons. The van der Waals surface area contributed by atoms with Crippen LogP contribution in [-0.2, 0) is 20.6 Å². The normalized spacial score (nSPS) is 23.7. The Labute approximate surface area is 162 Å². The molecular weight excluding hydrogens is 338 g/mol. The van der Waals surface area contributed by atoms with Crippen LogP contribution >= 0.6 is 0 Å². The third kappa shape index (κ3) is 3.31. The van der Waals surface area contributed by atoms with Crippen LogP contribution in [0.25, 0.3) is 0 Å². The van der Waals surface area contributed by atoms with E-state index in [1.807, 2.05) is 24.3 Å². The van der Waals surface area contributed by atoms with Gasteiger partial charge in [-0.25, -0.2) is 0 Å². The SMILES string of the molecule is Cc1c(CN2CC(c3nncn3C)C3(CCN(C(C)C)CC3)C2)cnn1C. The molecule has 4 rings (SSSR count). The second kappa shape index (κ2) is 7.02. The highest BCUT2D eigenvalue weighted by Crippen LogP contribution is 2.49. The Morgan fingerprint density at radius 3 is 2.52 bits per heavy atom. The molecule has 2 saturated heterocycles. The van der Waals surface area contributed by atoms with E-state index in [9.17, 15) is 0 Å². The highest BCUT2D eigenvalue weighted by Gasteiger charge is 2.50. The number of aromatic nitrogens is 5. The number of hydrogen-bond acceptors (Lipinski definition) is 5. The molecule has 148 valence electrons. The van der Waals surface area contributed by atoms with Crippen molar-refractivity contribution in [3.05, 3.63) is 29.6 Å². The average molecular weight is 372 g/mol. The predicted octanol–water partition coefficient (Wildman–Crippen LogP) is 1.95. The first-order chi connectivity index (χ1) is 12.9. The Hall–Kier alpha value is -1.73.